The Labute approximate surface area is 372 Å². The van der Waals surface area contributed by atoms with Gasteiger partial charge in [0.25, 0.3) is 0 Å². The van der Waals surface area contributed by atoms with Crippen molar-refractivity contribution in [2.75, 3.05) is 27.3 Å². The Hall–Kier alpha value is -6.77. The number of ether oxygens (including phenoxy) is 2. The van der Waals surface area contributed by atoms with Crippen LogP contribution in [0, 0.1) is 25.7 Å². The van der Waals surface area contributed by atoms with Gasteiger partial charge >= 0.3 is 12.2 Å². The molecule has 0 saturated carbocycles. The Bertz CT molecular complexity index is 2720. The van der Waals surface area contributed by atoms with E-state index in [1.165, 1.54) is 14.2 Å². The molecule has 0 aliphatic carbocycles. The van der Waals surface area contributed by atoms with E-state index in [2.05, 4.69) is 70.8 Å². The Morgan fingerprint density at radius 1 is 0.672 bits per heavy atom. The molecule has 334 valence electrons. The first-order valence-corrected chi connectivity index (χ1v) is 22.1. The maximum absolute atomic E-state index is 13.8. The van der Waals surface area contributed by atoms with E-state index in [1.54, 1.807) is 11.1 Å². The van der Waals surface area contributed by atoms with Gasteiger partial charge in [0.1, 0.15) is 23.7 Å². The molecule has 2 fully saturated rings. The number of alkyl carbamates (subject to hydrolysis) is 2. The van der Waals surface area contributed by atoms with Crippen LogP contribution >= 0.6 is 0 Å². The topological polar surface area (TPSA) is 188 Å². The molecule has 64 heavy (non-hydrogen) atoms. The summed E-state index contributed by atoms with van der Waals surface area (Å²) in [5.41, 5.74) is 9.63. The predicted octanol–water partition coefficient (Wildman–Crippen LogP) is 8.54. The minimum atomic E-state index is -0.707. The molecule has 3 aromatic carbocycles. The lowest BCUT2D eigenvalue weighted by Crippen LogP contribution is -2.51. The van der Waals surface area contributed by atoms with Crippen LogP contribution in [-0.4, -0.2) is 98.1 Å². The monoisotopic (exact) mass is 867 g/mol. The fraction of sp³-hybridized carbons (Fsp3) is 0.408. The van der Waals surface area contributed by atoms with Crippen LogP contribution in [0.2, 0.25) is 0 Å². The number of imidazole rings is 2. The van der Waals surface area contributed by atoms with Crippen molar-refractivity contribution in [2.24, 2.45) is 11.8 Å². The minimum absolute atomic E-state index is 0.121. The van der Waals surface area contributed by atoms with Crippen molar-refractivity contribution in [3.63, 3.8) is 0 Å². The number of nitrogens with zero attached hydrogens (tertiary/aromatic N) is 5. The van der Waals surface area contributed by atoms with Crippen LogP contribution in [0.1, 0.15) is 88.2 Å². The van der Waals surface area contributed by atoms with Crippen LogP contribution in [0.15, 0.2) is 67.0 Å². The summed E-state index contributed by atoms with van der Waals surface area (Å²) in [5, 5.41) is 7.70. The average Bonchev–Trinajstić information content (AvgIpc) is 4.14. The van der Waals surface area contributed by atoms with Gasteiger partial charge < -0.3 is 39.9 Å². The molecule has 4 atom stereocenters. The van der Waals surface area contributed by atoms with Crippen molar-refractivity contribution >= 4 is 45.8 Å². The van der Waals surface area contributed by atoms with Gasteiger partial charge in [-0.1, -0.05) is 58.0 Å². The third-order valence-corrected chi connectivity index (χ3v) is 12.8. The summed E-state index contributed by atoms with van der Waals surface area (Å²) in [6, 6.07) is 17.1. The Kier molecular flexibility index (Phi) is 12.4. The summed E-state index contributed by atoms with van der Waals surface area (Å²) in [6.45, 7) is 13.0. The number of H-pyrrole nitrogens is 2. The number of aromatic nitrogens is 5. The number of aryl methyl sites for hydroxylation is 2. The molecule has 3 aromatic heterocycles. The van der Waals surface area contributed by atoms with Crippen LogP contribution in [0.5, 0.6) is 0 Å². The zero-order chi connectivity index (χ0) is 45.4. The highest BCUT2D eigenvalue weighted by Gasteiger charge is 2.39. The molecule has 15 heteroatoms. The van der Waals surface area contributed by atoms with Gasteiger partial charge in [-0.15, -0.1) is 0 Å². The van der Waals surface area contributed by atoms with E-state index in [4.69, 9.17) is 24.4 Å². The number of carbonyl (C=O) groups is 4. The second kappa shape index (κ2) is 18.1. The first kappa shape index (κ1) is 43.9. The zero-order valence-corrected chi connectivity index (χ0v) is 37.7. The van der Waals surface area contributed by atoms with Crippen molar-refractivity contribution in [3.8, 4) is 33.6 Å². The lowest BCUT2D eigenvalue weighted by Gasteiger charge is -2.30. The van der Waals surface area contributed by atoms with Gasteiger partial charge in [-0.3, -0.25) is 14.6 Å². The van der Waals surface area contributed by atoms with Gasteiger partial charge in [-0.2, -0.15) is 0 Å². The lowest BCUT2D eigenvalue weighted by molar-refractivity contribution is -0.136. The van der Waals surface area contributed by atoms with Crippen molar-refractivity contribution in [1.29, 1.82) is 0 Å². The Morgan fingerprint density at radius 3 is 1.80 bits per heavy atom. The van der Waals surface area contributed by atoms with Gasteiger partial charge in [-0.25, -0.2) is 19.6 Å². The predicted molar refractivity (Wildman–Crippen MR) is 245 cm³/mol. The highest BCUT2D eigenvalue weighted by atomic mass is 16.5. The third-order valence-electron chi connectivity index (χ3n) is 12.8. The van der Waals surface area contributed by atoms with Crippen molar-refractivity contribution < 1.29 is 28.7 Å². The normalized spacial score (nSPS) is 17.3. The highest BCUT2D eigenvalue weighted by molar-refractivity contribution is 6.08. The first-order chi connectivity index (χ1) is 30.8. The fourth-order valence-corrected chi connectivity index (χ4v) is 9.40. The number of carbonyl (C=O) groups excluding carboxylic acids is 4. The molecule has 8 rings (SSSR count). The fourth-order valence-electron chi connectivity index (χ4n) is 9.40. The summed E-state index contributed by atoms with van der Waals surface area (Å²) in [5.74, 6) is 0.887. The van der Waals surface area contributed by atoms with E-state index in [1.807, 2.05) is 57.0 Å². The van der Waals surface area contributed by atoms with Crippen LogP contribution < -0.4 is 10.6 Å². The number of likely N-dealkylation sites (tertiary alicyclic amines) is 2. The van der Waals surface area contributed by atoms with Crippen LogP contribution in [0.3, 0.4) is 0 Å². The molecule has 4 N–H and O–H groups in total. The smallest absolute Gasteiger partial charge is 0.407 e. The van der Waals surface area contributed by atoms with Crippen LogP contribution in [0.25, 0.3) is 55.4 Å². The van der Waals surface area contributed by atoms with Crippen LogP contribution in [0.4, 0.5) is 9.59 Å². The van der Waals surface area contributed by atoms with E-state index < -0.39 is 24.3 Å². The summed E-state index contributed by atoms with van der Waals surface area (Å²) in [4.78, 5) is 76.9. The molecule has 6 aromatic rings. The summed E-state index contributed by atoms with van der Waals surface area (Å²) in [7, 11) is 2.59. The number of rotatable bonds is 11. The number of nitrogens with one attached hydrogen (secondary N) is 4. The van der Waals surface area contributed by atoms with E-state index in [0.29, 0.717) is 18.9 Å². The van der Waals surface area contributed by atoms with Crippen molar-refractivity contribution in [3.05, 3.63) is 89.8 Å². The molecule has 15 nitrogen and oxygen atoms in total. The molecule has 2 aliphatic rings. The molecule has 0 bridgehead atoms. The van der Waals surface area contributed by atoms with E-state index in [0.717, 1.165) is 98.1 Å². The van der Waals surface area contributed by atoms with E-state index in [9.17, 15) is 19.2 Å². The molecular formula is C49H57N9O6. The highest BCUT2D eigenvalue weighted by Crippen LogP contribution is 2.41. The molecule has 0 radical (unpaired) electrons. The number of aromatic amines is 2. The quantitative estimate of drug-likeness (QED) is 0.0990. The van der Waals surface area contributed by atoms with Gasteiger partial charge in [0, 0.05) is 30.4 Å². The second-order valence-corrected chi connectivity index (χ2v) is 17.7. The largest absolute Gasteiger partial charge is 0.453 e. The molecule has 0 unspecified atom stereocenters. The molecule has 0 spiro atoms. The van der Waals surface area contributed by atoms with Gasteiger partial charge in [0.05, 0.1) is 54.9 Å². The van der Waals surface area contributed by atoms with Crippen molar-refractivity contribution in [1.82, 2.24) is 45.4 Å². The summed E-state index contributed by atoms with van der Waals surface area (Å²) < 4.78 is 9.59. The molecular weight excluding hydrogens is 811 g/mol. The maximum atomic E-state index is 13.8. The van der Waals surface area contributed by atoms with E-state index >= 15 is 0 Å². The SMILES string of the molecule is COC(=O)N[C@H](C(=O)N1CCC[C@H]1c1ncc(-c2ccc(-c3ccc(-c4ccc5nc([C@@H]6CCCN6C(=O)[C@@H](NC(=O)OC)C(C)C)[nH]c5c4)c4c(C)ccc(C)c34)nc2)[nH]1)C(C)C. The Morgan fingerprint density at radius 2 is 1.23 bits per heavy atom. The van der Waals surface area contributed by atoms with Gasteiger partial charge in [0.2, 0.25) is 11.8 Å². The first-order valence-electron chi connectivity index (χ1n) is 22.1. The summed E-state index contributed by atoms with van der Waals surface area (Å²) in [6.07, 6.45) is 5.57. The molecule has 5 heterocycles. The van der Waals surface area contributed by atoms with Crippen LogP contribution in [-0.2, 0) is 19.1 Å². The average molecular weight is 868 g/mol. The van der Waals surface area contributed by atoms with E-state index in [-0.39, 0.29) is 35.7 Å². The Balaban J connectivity index is 1.05. The number of hydrogen-bond donors (Lipinski definition) is 4. The number of fused-ring (bicyclic) bond motifs is 2. The second-order valence-electron chi connectivity index (χ2n) is 17.7. The zero-order valence-electron chi connectivity index (χ0n) is 37.7. The third kappa shape index (κ3) is 8.38. The minimum Gasteiger partial charge on any atom is -0.453 e. The number of methoxy groups -OCH3 is 2. The van der Waals surface area contributed by atoms with Crippen molar-refractivity contribution in [2.45, 2.75) is 91.4 Å². The number of hydrogen-bond acceptors (Lipinski definition) is 9. The molecule has 4 amide bonds. The number of amides is 4. The van der Waals surface area contributed by atoms with Gasteiger partial charge in [0.15, 0.2) is 0 Å². The lowest BCUT2D eigenvalue weighted by atomic mass is 9.88. The molecule has 2 saturated heterocycles. The number of benzene rings is 3. The molecule has 2 aliphatic heterocycles. The summed E-state index contributed by atoms with van der Waals surface area (Å²) >= 11 is 0. The number of pyridine rings is 1. The van der Waals surface area contributed by atoms with Gasteiger partial charge in [-0.05, 0) is 109 Å². The maximum Gasteiger partial charge on any atom is 0.407 e. The standard InChI is InChI=1S/C49H57N9O6/c1-26(2)42(55-48(61)63-7)46(59)57-21-9-11-38(57)44-51-25-37(54-44)31-16-19-34(50-24-31)33-18-17-32(40-28(5)13-14-29(6)41(33)40)30-15-20-35-36(23-30)53-45(52-35)39-12-10-22-58(39)47(60)43(27(3)4)56-49(62)64-8/h13-20,23-27,38-39,42-43H,9-12,21-22H2,1-8H3,(H,51,54)(H,52,53)(H,55,61)(H,56,62)/t38-,39-,42-,43-/m0/s1.